The van der Waals surface area contributed by atoms with Gasteiger partial charge in [0.15, 0.2) is 0 Å². The van der Waals surface area contributed by atoms with Gasteiger partial charge in [0, 0.05) is 0 Å². The van der Waals surface area contributed by atoms with Crippen molar-refractivity contribution in [2.75, 3.05) is 0 Å². The summed E-state index contributed by atoms with van der Waals surface area (Å²) < 4.78 is 0. The Kier molecular flexibility index (Phi) is 2.99. The molecule has 0 radical (unpaired) electrons. The van der Waals surface area contributed by atoms with Gasteiger partial charge in [-0.15, -0.1) is 0 Å². The van der Waals surface area contributed by atoms with E-state index in [4.69, 9.17) is 0 Å². The lowest BCUT2D eigenvalue weighted by Gasteiger charge is -2.23. The molecule has 0 saturated heterocycles. The molecule has 14 heavy (non-hydrogen) atoms. The number of fused-ring (bicyclic) bond motifs is 2. The lowest BCUT2D eigenvalue weighted by molar-refractivity contribution is 0.331. The molecule has 4 atom stereocenters. The molecule has 3 unspecified atom stereocenters. The third-order valence-corrected chi connectivity index (χ3v) is 4.41. The summed E-state index contributed by atoms with van der Waals surface area (Å²) in [6.45, 7) is 7.16. The standard InChI is InChI=1S/C14H24/c1-10(2)7-8-13-9-12-5-4-6-14(13)11(12)3/h4,6,10-14H,5,7-9H2,1-3H3/t11?,12-,13?,14?/m0/s1. The largest absolute Gasteiger partial charge is 0.0880 e. The maximum Gasteiger partial charge on any atom is -0.0177 e. The van der Waals surface area contributed by atoms with Gasteiger partial charge in [-0.25, -0.2) is 0 Å². The van der Waals surface area contributed by atoms with E-state index >= 15 is 0 Å². The van der Waals surface area contributed by atoms with Crippen molar-refractivity contribution in [3.63, 3.8) is 0 Å². The predicted octanol–water partition coefficient (Wildman–Crippen LogP) is 4.27. The van der Waals surface area contributed by atoms with E-state index < -0.39 is 0 Å². The summed E-state index contributed by atoms with van der Waals surface area (Å²) in [6, 6.07) is 0. The summed E-state index contributed by atoms with van der Waals surface area (Å²) in [5, 5.41) is 0. The van der Waals surface area contributed by atoms with E-state index in [1.165, 1.54) is 25.7 Å². The van der Waals surface area contributed by atoms with E-state index in [1.807, 2.05) is 0 Å². The highest BCUT2D eigenvalue weighted by Crippen LogP contribution is 2.48. The second-order valence-electron chi connectivity index (χ2n) is 5.83. The monoisotopic (exact) mass is 192 g/mol. The molecule has 0 nitrogen and oxygen atoms in total. The SMILES string of the molecule is CC(C)CCC1C[C@@H]2CC=CC1C2C. The Labute approximate surface area is 88.8 Å². The highest BCUT2D eigenvalue weighted by Gasteiger charge is 2.39. The zero-order chi connectivity index (χ0) is 10.1. The van der Waals surface area contributed by atoms with Crippen molar-refractivity contribution in [3.05, 3.63) is 12.2 Å². The van der Waals surface area contributed by atoms with Crippen LogP contribution in [0.3, 0.4) is 0 Å². The molecule has 2 bridgehead atoms. The molecule has 1 saturated carbocycles. The first-order chi connectivity index (χ1) is 6.68. The van der Waals surface area contributed by atoms with Gasteiger partial charge in [-0.2, -0.15) is 0 Å². The van der Waals surface area contributed by atoms with Gasteiger partial charge in [0.2, 0.25) is 0 Å². The van der Waals surface area contributed by atoms with Gasteiger partial charge in [-0.05, 0) is 48.9 Å². The van der Waals surface area contributed by atoms with Crippen LogP contribution in [0.4, 0.5) is 0 Å². The van der Waals surface area contributed by atoms with Crippen molar-refractivity contribution in [2.24, 2.45) is 29.6 Å². The molecule has 0 aromatic carbocycles. The first-order valence-corrected chi connectivity index (χ1v) is 6.35. The molecule has 1 fully saturated rings. The molecule has 0 amide bonds. The van der Waals surface area contributed by atoms with Crippen molar-refractivity contribution < 1.29 is 0 Å². The fraction of sp³-hybridized carbons (Fsp3) is 0.857. The second kappa shape index (κ2) is 4.08. The van der Waals surface area contributed by atoms with Crippen molar-refractivity contribution in [2.45, 2.75) is 46.5 Å². The lowest BCUT2D eigenvalue weighted by atomic mass is 9.82. The zero-order valence-electron chi connectivity index (χ0n) is 9.87. The first-order valence-electron chi connectivity index (χ1n) is 6.35. The minimum Gasteiger partial charge on any atom is -0.0880 e. The van der Waals surface area contributed by atoms with Gasteiger partial charge in [0.25, 0.3) is 0 Å². The second-order valence-corrected chi connectivity index (χ2v) is 5.83. The molecule has 0 heteroatoms. The fourth-order valence-electron chi connectivity index (χ4n) is 3.42. The van der Waals surface area contributed by atoms with Crippen LogP contribution in [-0.4, -0.2) is 0 Å². The number of hydrogen-bond acceptors (Lipinski definition) is 0. The highest BCUT2D eigenvalue weighted by atomic mass is 14.4. The topological polar surface area (TPSA) is 0 Å². The van der Waals surface area contributed by atoms with Gasteiger partial charge < -0.3 is 0 Å². The van der Waals surface area contributed by atoms with Crippen molar-refractivity contribution in [1.29, 1.82) is 0 Å². The van der Waals surface area contributed by atoms with Crippen LogP contribution < -0.4 is 0 Å². The van der Waals surface area contributed by atoms with Crippen LogP contribution in [0.15, 0.2) is 12.2 Å². The van der Waals surface area contributed by atoms with Gasteiger partial charge >= 0.3 is 0 Å². The quantitative estimate of drug-likeness (QED) is 0.586. The van der Waals surface area contributed by atoms with Crippen LogP contribution in [0, 0.1) is 29.6 Å². The summed E-state index contributed by atoms with van der Waals surface area (Å²) in [6.07, 6.45) is 10.7. The van der Waals surface area contributed by atoms with E-state index in [0.29, 0.717) is 0 Å². The summed E-state index contributed by atoms with van der Waals surface area (Å²) in [5.74, 6) is 4.80. The smallest absolute Gasteiger partial charge is 0.0177 e. The van der Waals surface area contributed by atoms with Gasteiger partial charge in [0.1, 0.15) is 0 Å². The molecule has 0 N–H and O–H groups in total. The summed E-state index contributed by atoms with van der Waals surface area (Å²) in [4.78, 5) is 0. The molecule has 0 heterocycles. The molecular weight excluding hydrogens is 168 g/mol. The van der Waals surface area contributed by atoms with Crippen molar-refractivity contribution in [1.82, 2.24) is 0 Å². The molecule has 0 aromatic heterocycles. The Morgan fingerprint density at radius 3 is 2.79 bits per heavy atom. The molecular formula is C14H24. The maximum atomic E-state index is 2.51. The predicted molar refractivity (Wildman–Crippen MR) is 62.1 cm³/mol. The van der Waals surface area contributed by atoms with Crippen LogP contribution >= 0.6 is 0 Å². The van der Waals surface area contributed by atoms with E-state index in [-0.39, 0.29) is 0 Å². The van der Waals surface area contributed by atoms with E-state index in [0.717, 1.165) is 29.6 Å². The van der Waals surface area contributed by atoms with Crippen LogP contribution in [0.2, 0.25) is 0 Å². The number of rotatable bonds is 3. The molecule has 2 aliphatic rings. The van der Waals surface area contributed by atoms with E-state index in [2.05, 4.69) is 32.9 Å². The summed E-state index contributed by atoms with van der Waals surface area (Å²) >= 11 is 0. The average molecular weight is 192 g/mol. The minimum absolute atomic E-state index is 0.884. The van der Waals surface area contributed by atoms with E-state index in [1.54, 1.807) is 0 Å². The first kappa shape index (κ1) is 10.3. The highest BCUT2D eigenvalue weighted by molar-refractivity contribution is 5.06. The molecule has 80 valence electrons. The summed E-state index contributed by atoms with van der Waals surface area (Å²) in [7, 11) is 0. The summed E-state index contributed by atoms with van der Waals surface area (Å²) in [5.41, 5.74) is 0. The molecule has 2 rings (SSSR count). The Morgan fingerprint density at radius 1 is 1.36 bits per heavy atom. The Bertz CT molecular complexity index is 214. The minimum atomic E-state index is 0.884. The fourth-order valence-corrected chi connectivity index (χ4v) is 3.42. The normalized spacial score (nSPS) is 40.9. The number of allylic oxidation sites excluding steroid dienone is 2. The van der Waals surface area contributed by atoms with Crippen molar-refractivity contribution in [3.8, 4) is 0 Å². The third-order valence-electron chi connectivity index (χ3n) is 4.41. The Hall–Kier alpha value is -0.260. The molecule has 0 aromatic rings. The lowest BCUT2D eigenvalue weighted by Crippen LogP contribution is -2.15. The maximum absolute atomic E-state index is 2.51. The van der Waals surface area contributed by atoms with Gasteiger partial charge in [-0.1, -0.05) is 39.3 Å². The van der Waals surface area contributed by atoms with Crippen LogP contribution in [0.5, 0.6) is 0 Å². The number of hydrogen-bond donors (Lipinski definition) is 0. The van der Waals surface area contributed by atoms with Gasteiger partial charge in [-0.3, -0.25) is 0 Å². The third kappa shape index (κ3) is 1.89. The van der Waals surface area contributed by atoms with Gasteiger partial charge in [0.05, 0.1) is 0 Å². The molecule has 2 aliphatic carbocycles. The molecule has 0 spiro atoms. The Balaban J connectivity index is 1.92. The Morgan fingerprint density at radius 2 is 2.14 bits per heavy atom. The van der Waals surface area contributed by atoms with Crippen LogP contribution in [0.1, 0.15) is 46.5 Å². The average Bonchev–Trinajstić information content (AvgIpc) is 2.36. The van der Waals surface area contributed by atoms with Crippen LogP contribution in [-0.2, 0) is 0 Å². The van der Waals surface area contributed by atoms with E-state index in [9.17, 15) is 0 Å². The van der Waals surface area contributed by atoms with Crippen LogP contribution in [0.25, 0.3) is 0 Å². The zero-order valence-corrected chi connectivity index (χ0v) is 9.87. The molecule has 0 aliphatic heterocycles. The van der Waals surface area contributed by atoms with Crippen molar-refractivity contribution >= 4 is 0 Å².